The van der Waals surface area contributed by atoms with Crippen molar-refractivity contribution in [3.8, 4) is 0 Å². The number of carbonyl (C=O) groups is 2. The quantitative estimate of drug-likeness (QED) is 0.395. The monoisotopic (exact) mass is 213 g/mol. The highest BCUT2D eigenvalue weighted by Gasteiger charge is 2.02. The van der Waals surface area contributed by atoms with Crippen LogP contribution in [0, 0.1) is 0 Å². The van der Waals surface area contributed by atoms with Gasteiger partial charge in [-0.05, 0) is 26.7 Å². The summed E-state index contributed by atoms with van der Waals surface area (Å²) in [5, 5.41) is 2.79. The van der Waals surface area contributed by atoms with E-state index in [-0.39, 0.29) is 11.9 Å². The van der Waals surface area contributed by atoms with E-state index in [2.05, 4.69) is 11.9 Å². The number of unbranched alkanes of at least 4 members (excludes halogenated alkanes) is 1. The topological polar surface area (TPSA) is 55.4 Å². The van der Waals surface area contributed by atoms with Gasteiger partial charge in [-0.2, -0.15) is 0 Å². The van der Waals surface area contributed by atoms with Gasteiger partial charge in [0, 0.05) is 18.5 Å². The first-order valence-electron chi connectivity index (χ1n) is 5.14. The van der Waals surface area contributed by atoms with Crippen molar-refractivity contribution in [2.75, 3.05) is 6.61 Å². The highest BCUT2D eigenvalue weighted by Crippen LogP contribution is 1.97. The van der Waals surface area contributed by atoms with Crippen molar-refractivity contribution < 1.29 is 14.3 Å². The summed E-state index contributed by atoms with van der Waals surface area (Å²) in [5.74, 6) is -0.373. The number of carbonyl (C=O) groups excluding carboxylic acids is 2. The van der Waals surface area contributed by atoms with Crippen molar-refractivity contribution in [3.63, 3.8) is 0 Å². The first-order valence-corrected chi connectivity index (χ1v) is 5.14. The smallest absolute Gasteiger partial charge is 0.330 e. The van der Waals surface area contributed by atoms with E-state index in [9.17, 15) is 9.59 Å². The van der Waals surface area contributed by atoms with Gasteiger partial charge in [-0.15, -0.1) is 0 Å². The number of hydrogen-bond donors (Lipinski definition) is 1. The zero-order valence-electron chi connectivity index (χ0n) is 9.41. The molecule has 0 atom stereocenters. The summed E-state index contributed by atoms with van der Waals surface area (Å²) < 4.78 is 4.77. The number of ether oxygens (including phenoxy) is 1. The molecule has 0 aliphatic rings. The summed E-state index contributed by atoms with van der Waals surface area (Å²) in [6.07, 6.45) is 3.03. The summed E-state index contributed by atoms with van der Waals surface area (Å²) in [7, 11) is 0. The molecule has 1 N–H and O–H groups in total. The molecule has 0 radical (unpaired) electrons. The predicted octanol–water partition coefficient (Wildman–Crippen LogP) is 1.41. The van der Waals surface area contributed by atoms with Gasteiger partial charge in [-0.1, -0.05) is 6.58 Å². The molecule has 0 aromatic carbocycles. The molecule has 4 heteroatoms. The Bertz CT molecular complexity index is 224. The second-order valence-corrected chi connectivity index (χ2v) is 3.55. The molecule has 0 fully saturated rings. The standard InChI is InChI=1S/C11H19NO3/c1-4-11(14)15-8-6-5-7-10(13)12-9(2)3/h4,9H,1,5-8H2,2-3H3,(H,12,13). The van der Waals surface area contributed by atoms with E-state index in [1.807, 2.05) is 13.8 Å². The van der Waals surface area contributed by atoms with Crippen LogP contribution in [0.15, 0.2) is 12.7 Å². The number of amides is 1. The molecular weight excluding hydrogens is 194 g/mol. The van der Waals surface area contributed by atoms with Crippen molar-refractivity contribution in [3.05, 3.63) is 12.7 Å². The number of rotatable bonds is 7. The van der Waals surface area contributed by atoms with Gasteiger partial charge in [-0.3, -0.25) is 4.79 Å². The van der Waals surface area contributed by atoms with Crippen LogP contribution >= 0.6 is 0 Å². The molecule has 0 saturated heterocycles. The SMILES string of the molecule is C=CC(=O)OCCCCC(=O)NC(C)C. The maximum absolute atomic E-state index is 11.2. The largest absolute Gasteiger partial charge is 0.463 e. The highest BCUT2D eigenvalue weighted by molar-refractivity contribution is 5.81. The Morgan fingerprint density at radius 1 is 1.40 bits per heavy atom. The second kappa shape index (κ2) is 8.03. The molecule has 0 heterocycles. The number of hydrogen-bond acceptors (Lipinski definition) is 3. The van der Waals surface area contributed by atoms with Crippen molar-refractivity contribution in [1.82, 2.24) is 5.32 Å². The van der Waals surface area contributed by atoms with Crippen LogP contribution in [0.25, 0.3) is 0 Å². The lowest BCUT2D eigenvalue weighted by Crippen LogP contribution is -2.29. The molecule has 0 aromatic heterocycles. The molecule has 0 rings (SSSR count). The minimum Gasteiger partial charge on any atom is -0.463 e. The Balaban J connectivity index is 3.34. The summed E-state index contributed by atoms with van der Waals surface area (Å²) in [6.45, 7) is 7.47. The maximum atomic E-state index is 11.2. The van der Waals surface area contributed by atoms with Gasteiger partial charge in [0.1, 0.15) is 0 Å². The summed E-state index contributed by atoms with van der Waals surface area (Å²) in [4.78, 5) is 21.8. The Morgan fingerprint density at radius 2 is 2.07 bits per heavy atom. The average Bonchev–Trinajstić information content (AvgIpc) is 2.15. The normalized spacial score (nSPS) is 9.80. The van der Waals surface area contributed by atoms with Gasteiger partial charge >= 0.3 is 5.97 Å². The fourth-order valence-corrected chi connectivity index (χ4v) is 1.01. The van der Waals surface area contributed by atoms with Crippen molar-refractivity contribution in [2.45, 2.75) is 39.2 Å². The Kier molecular flexibility index (Phi) is 7.32. The van der Waals surface area contributed by atoms with Crippen LogP contribution in [0.4, 0.5) is 0 Å². The predicted molar refractivity (Wildman–Crippen MR) is 58.3 cm³/mol. The van der Waals surface area contributed by atoms with Crippen molar-refractivity contribution in [1.29, 1.82) is 0 Å². The van der Waals surface area contributed by atoms with Gasteiger partial charge in [-0.25, -0.2) is 4.79 Å². The Labute approximate surface area is 90.7 Å². The zero-order valence-corrected chi connectivity index (χ0v) is 9.41. The van der Waals surface area contributed by atoms with E-state index >= 15 is 0 Å². The van der Waals surface area contributed by atoms with Crippen LogP contribution < -0.4 is 5.32 Å². The molecule has 0 bridgehead atoms. The molecule has 0 spiro atoms. The van der Waals surface area contributed by atoms with E-state index in [0.717, 1.165) is 12.5 Å². The lowest BCUT2D eigenvalue weighted by atomic mass is 10.2. The van der Waals surface area contributed by atoms with Gasteiger partial charge in [0.2, 0.25) is 5.91 Å². The van der Waals surface area contributed by atoms with Crippen LogP contribution in [-0.2, 0) is 14.3 Å². The van der Waals surface area contributed by atoms with Gasteiger partial charge in [0.05, 0.1) is 6.61 Å². The van der Waals surface area contributed by atoms with Crippen molar-refractivity contribution in [2.24, 2.45) is 0 Å². The van der Waals surface area contributed by atoms with Crippen LogP contribution in [-0.4, -0.2) is 24.5 Å². The molecule has 0 saturated carbocycles. The molecule has 0 aromatic rings. The van der Waals surface area contributed by atoms with E-state index in [4.69, 9.17) is 4.74 Å². The number of esters is 1. The second-order valence-electron chi connectivity index (χ2n) is 3.55. The fraction of sp³-hybridized carbons (Fsp3) is 0.636. The summed E-state index contributed by atoms with van der Waals surface area (Å²) in [5.41, 5.74) is 0. The molecule has 1 amide bonds. The molecule has 86 valence electrons. The van der Waals surface area contributed by atoms with E-state index in [1.54, 1.807) is 0 Å². The van der Waals surface area contributed by atoms with Gasteiger partial charge < -0.3 is 10.1 Å². The Hall–Kier alpha value is -1.32. The summed E-state index contributed by atoms with van der Waals surface area (Å²) >= 11 is 0. The number of nitrogens with one attached hydrogen (secondary N) is 1. The highest BCUT2D eigenvalue weighted by atomic mass is 16.5. The average molecular weight is 213 g/mol. The van der Waals surface area contributed by atoms with Crippen LogP contribution in [0.5, 0.6) is 0 Å². The molecule has 4 nitrogen and oxygen atoms in total. The molecule has 15 heavy (non-hydrogen) atoms. The molecule has 0 aliphatic carbocycles. The van der Waals surface area contributed by atoms with E-state index in [1.165, 1.54) is 0 Å². The Morgan fingerprint density at radius 3 is 2.60 bits per heavy atom. The maximum Gasteiger partial charge on any atom is 0.330 e. The minimum absolute atomic E-state index is 0.0417. The lowest BCUT2D eigenvalue weighted by Gasteiger charge is -2.07. The third-order valence-corrected chi connectivity index (χ3v) is 1.66. The van der Waals surface area contributed by atoms with Crippen LogP contribution in [0.3, 0.4) is 0 Å². The van der Waals surface area contributed by atoms with E-state index in [0.29, 0.717) is 19.4 Å². The first kappa shape index (κ1) is 13.7. The zero-order chi connectivity index (χ0) is 11.7. The van der Waals surface area contributed by atoms with Gasteiger partial charge in [0.25, 0.3) is 0 Å². The fourth-order valence-electron chi connectivity index (χ4n) is 1.01. The van der Waals surface area contributed by atoms with Crippen LogP contribution in [0.2, 0.25) is 0 Å². The minimum atomic E-state index is -0.415. The summed E-state index contributed by atoms with van der Waals surface area (Å²) in [6, 6.07) is 0.177. The van der Waals surface area contributed by atoms with Crippen molar-refractivity contribution >= 4 is 11.9 Å². The third-order valence-electron chi connectivity index (χ3n) is 1.66. The van der Waals surface area contributed by atoms with Crippen LogP contribution in [0.1, 0.15) is 33.1 Å². The molecular formula is C11H19NO3. The van der Waals surface area contributed by atoms with Gasteiger partial charge in [0.15, 0.2) is 0 Å². The molecule has 0 aliphatic heterocycles. The van der Waals surface area contributed by atoms with E-state index < -0.39 is 5.97 Å². The molecule has 0 unspecified atom stereocenters. The lowest BCUT2D eigenvalue weighted by molar-refractivity contribution is -0.137. The third kappa shape index (κ3) is 9.00. The first-order chi connectivity index (χ1) is 7.06.